The Labute approximate surface area is 133 Å². The van der Waals surface area contributed by atoms with Gasteiger partial charge in [-0.25, -0.2) is 4.98 Å². The molecular formula is C15H15Cl2N3O. The van der Waals surface area contributed by atoms with Crippen LogP contribution >= 0.6 is 23.2 Å². The van der Waals surface area contributed by atoms with E-state index in [0.717, 1.165) is 5.82 Å². The maximum absolute atomic E-state index is 12.1. The van der Waals surface area contributed by atoms with E-state index in [1.54, 1.807) is 24.4 Å². The van der Waals surface area contributed by atoms with Crippen LogP contribution in [-0.2, 0) is 0 Å². The van der Waals surface area contributed by atoms with E-state index in [0.29, 0.717) is 27.3 Å². The molecule has 0 unspecified atom stereocenters. The third-order valence-electron chi connectivity index (χ3n) is 2.64. The molecule has 0 fully saturated rings. The average Bonchev–Trinajstić information content (AvgIpc) is 2.43. The lowest BCUT2D eigenvalue weighted by Crippen LogP contribution is -2.13. The zero-order valence-electron chi connectivity index (χ0n) is 11.7. The molecule has 0 spiro atoms. The van der Waals surface area contributed by atoms with Gasteiger partial charge in [-0.15, -0.1) is 0 Å². The van der Waals surface area contributed by atoms with Gasteiger partial charge >= 0.3 is 0 Å². The molecule has 0 saturated heterocycles. The van der Waals surface area contributed by atoms with Gasteiger partial charge < -0.3 is 10.6 Å². The fourth-order valence-corrected chi connectivity index (χ4v) is 1.99. The summed E-state index contributed by atoms with van der Waals surface area (Å²) in [6.45, 7) is 4.06. The Morgan fingerprint density at radius 1 is 1.14 bits per heavy atom. The Bertz CT molecular complexity index is 642. The number of carbonyl (C=O) groups excluding carboxylic acids is 1. The van der Waals surface area contributed by atoms with E-state index >= 15 is 0 Å². The molecule has 110 valence electrons. The first-order valence-corrected chi connectivity index (χ1v) is 7.20. The Morgan fingerprint density at radius 2 is 1.90 bits per heavy atom. The van der Waals surface area contributed by atoms with Gasteiger partial charge in [-0.3, -0.25) is 4.79 Å². The summed E-state index contributed by atoms with van der Waals surface area (Å²) >= 11 is 11.7. The van der Waals surface area contributed by atoms with E-state index < -0.39 is 0 Å². The van der Waals surface area contributed by atoms with E-state index in [9.17, 15) is 4.79 Å². The van der Waals surface area contributed by atoms with Crippen LogP contribution in [0.1, 0.15) is 24.2 Å². The molecule has 0 aliphatic heterocycles. The lowest BCUT2D eigenvalue weighted by Gasteiger charge is -2.10. The number of hydrogen-bond acceptors (Lipinski definition) is 3. The highest BCUT2D eigenvalue weighted by Crippen LogP contribution is 2.23. The molecule has 2 aromatic rings. The Kier molecular flexibility index (Phi) is 5.04. The van der Waals surface area contributed by atoms with Crippen molar-refractivity contribution >= 4 is 40.6 Å². The Morgan fingerprint density at radius 3 is 2.48 bits per heavy atom. The monoisotopic (exact) mass is 323 g/mol. The van der Waals surface area contributed by atoms with Crippen molar-refractivity contribution in [2.45, 2.75) is 19.9 Å². The predicted octanol–water partition coefficient (Wildman–Crippen LogP) is 4.46. The largest absolute Gasteiger partial charge is 0.368 e. The summed E-state index contributed by atoms with van der Waals surface area (Å²) < 4.78 is 0. The molecule has 0 saturated carbocycles. The number of rotatable bonds is 4. The van der Waals surface area contributed by atoms with Crippen LogP contribution < -0.4 is 10.6 Å². The number of pyridine rings is 1. The molecule has 6 heteroatoms. The first kappa shape index (κ1) is 15.6. The van der Waals surface area contributed by atoms with E-state index in [1.165, 1.54) is 6.07 Å². The molecule has 1 aromatic carbocycles. The molecule has 4 nitrogen and oxygen atoms in total. The summed E-state index contributed by atoms with van der Waals surface area (Å²) in [5.74, 6) is 0.498. The average molecular weight is 324 g/mol. The number of benzene rings is 1. The van der Waals surface area contributed by atoms with Gasteiger partial charge in [0.15, 0.2) is 0 Å². The van der Waals surface area contributed by atoms with Crippen molar-refractivity contribution in [1.29, 1.82) is 0 Å². The molecule has 2 N–H and O–H groups in total. The molecule has 0 aliphatic rings. The minimum Gasteiger partial charge on any atom is -0.368 e. The highest BCUT2D eigenvalue weighted by Gasteiger charge is 2.08. The maximum atomic E-state index is 12.1. The van der Waals surface area contributed by atoms with Crippen molar-refractivity contribution in [3.8, 4) is 0 Å². The lowest BCUT2D eigenvalue weighted by atomic mass is 10.2. The van der Waals surface area contributed by atoms with Crippen molar-refractivity contribution < 1.29 is 4.79 Å². The zero-order chi connectivity index (χ0) is 15.4. The fourth-order valence-electron chi connectivity index (χ4n) is 1.69. The van der Waals surface area contributed by atoms with Crippen molar-refractivity contribution in [3.63, 3.8) is 0 Å². The number of carbonyl (C=O) groups is 1. The van der Waals surface area contributed by atoms with Gasteiger partial charge in [-0.1, -0.05) is 23.2 Å². The van der Waals surface area contributed by atoms with Gasteiger partial charge in [0, 0.05) is 11.6 Å². The third kappa shape index (κ3) is 4.34. The molecule has 2 rings (SSSR count). The van der Waals surface area contributed by atoms with Crippen LogP contribution in [0.2, 0.25) is 10.0 Å². The van der Waals surface area contributed by atoms with Crippen molar-refractivity contribution in [2.75, 3.05) is 10.6 Å². The fraction of sp³-hybridized carbons (Fsp3) is 0.200. The van der Waals surface area contributed by atoms with Gasteiger partial charge in [-0.2, -0.15) is 0 Å². The summed E-state index contributed by atoms with van der Waals surface area (Å²) in [6, 6.07) is 8.63. The summed E-state index contributed by atoms with van der Waals surface area (Å²) in [5.41, 5.74) is 1.05. The van der Waals surface area contributed by atoms with Crippen LogP contribution in [0.3, 0.4) is 0 Å². The highest BCUT2D eigenvalue weighted by atomic mass is 35.5. The second kappa shape index (κ2) is 6.78. The SMILES string of the molecule is CC(C)Nc1ccc(NC(=O)c2ccc(Cl)c(Cl)c2)cn1. The number of nitrogens with zero attached hydrogens (tertiary/aromatic N) is 1. The van der Waals surface area contributed by atoms with Gasteiger partial charge in [0.25, 0.3) is 5.91 Å². The van der Waals surface area contributed by atoms with E-state index in [1.807, 2.05) is 19.9 Å². The number of amides is 1. The van der Waals surface area contributed by atoms with E-state index in [4.69, 9.17) is 23.2 Å². The second-order valence-electron chi connectivity index (χ2n) is 4.81. The smallest absolute Gasteiger partial charge is 0.255 e. The zero-order valence-corrected chi connectivity index (χ0v) is 13.2. The summed E-state index contributed by atoms with van der Waals surface area (Å²) in [6.07, 6.45) is 1.60. The maximum Gasteiger partial charge on any atom is 0.255 e. The molecular weight excluding hydrogens is 309 g/mol. The Balaban J connectivity index is 2.06. The third-order valence-corrected chi connectivity index (χ3v) is 3.38. The van der Waals surface area contributed by atoms with Crippen LogP contribution in [0.5, 0.6) is 0 Å². The van der Waals surface area contributed by atoms with Crippen molar-refractivity contribution in [1.82, 2.24) is 4.98 Å². The van der Waals surface area contributed by atoms with E-state index in [-0.39, 0.29) is 5.91 Å². The van der Waals surface area contributed by atoms with Gasteiger partial charge in [0.1, 0.15) is 5.82 Å². The second-order valence-corrected chi connectivity index (χ2v) is 5.63. The Hall–Kier alpha value is -1.78. The van der Waals surface area contributed by atoms with Crippen LogP contribution in [-0.4, -0.2) is 16.9 Å². The van der Waals surface area contributed by atoms with Gasteiger partial charge in [0.2, 0.25) is 0 Å². The van der Waals surface area contributed by atoms with Gasteiger partial charge in [0.05, 0.1) is 21.9 Å². The minimum atomic E-state index is -0.264. The number of anilines is 2. The topological polar surface area (TPSA) is 54.0 Å². The summed E-state index contributed by atoms with van der Waals surface area (Å²) in [7, 11) is 0. The molecule has 0 bridgehead atoms. The molecule has 1 aromatic heterocycles. The predicted molar refractivity (Wildman–Crippen MR) is 87.4 cm³/mol. The summed E-state index contributed by atoms with van der Waals surface area (Å²) in [5, 5.41) is 6.69. The number of hydrogen-bond donors (Lipinski definition) is 2. The van der Waals surface area contributed by atoms with Crippen molar-refractivity contribution in [3.05, 3.63) is 52.1 Å². The number of nitrogens with one attached hydrogen (secondary N) is 2. The number of halogens is 2. The lowest BCUT2D eigenvalue weighted by molar-refractivity contribution is 0.102. The van der Waals surface area contributed by atoms with Crippen LogP contribution in [0.25, 0.3) is 0 Å². The standard InChI is InChI=1S/C15H15Cl2N3O/c1-9(2)19-14-6-4-11(8-18-14)20-15(21)10-3-5-12(16)13(17)7-10/h3-9H,1-2H3,(H,18,19)(H,20,21). The molecule has 1 amide bonds. The molecule has 0 radical (unpaired) electrons. The molecule has 0 aliphatic carbocycles. The molecule has 0 atom stereocenters. The highest BCUT2D eigenvalue weighted by molar-refractivity contribution is 6.42. The van der Waals surface area contributed by atoms with Gasteiger partial charge in [-0.05, 0) is 44.2 Å². The first-order chi connectivity index (χ1) is 9.95. The summed E-state index contributed by atoms with van der Waals surface area (Å²) in [4.78, 5) is 16.3. The molecule has 21 heavy (non-hydrogen) atoms. The minimum absolute atomic E-state index is 0.264. The normalized spacial score (nSPS) is 10.5. The quantitative estimate of drug-likeness (QED) is 0.873. The van der Waals surface area contributed by atoms with Crippen molar-refractivity contribution in [2.24, 2.45) is 0 Å². The number of aromatic nitrogens is 1. The van der Waals surface area contributed by atoms with Crippen LogP contribution in [0, 0.1) is 0 Å². The van der Waals surface area contributed by atoms with Crippen LogP contribution in [0.4, 0.5) is 11.5 Å². The first-order valence-electron chi connectivity index (χ1n) is 6.44. The molecule has 1 heterocycles. The van der Waals surface area contributed by atoms with Crippen LogP contribution in [0.15, 0.2) is 36.5 Å². The van der Waals surface area contributed by atoms with E-state index in [2.05, 4.69) is 15.6 Å².